The second-order valence-corrected chi connectivity index (χ2v) is 7.25. The number of para-hydroxylation sites is 2. The quantitative estimate of drug-likeness (QED) is 0.808. The summed E-state index contributed by atoms with van der Waals surface area (Å²) in [5.41, 5.74) is 1.62. The monoisotopic (exact) mass is 407 g/mol. The number of halogens is 2. The van der Waals surface area contributed by atoms with Crippen LogP contribution in [0.1, 0.15) is 6.92 Å². The molecule has 0 aromatic heterocycles. The number of piperazine rings is 1. The number of nitrogens with one attached hydrogen (secondary N) is 1. The van der Waals surface area contributed by atoms with Crippen LogP contribution in [0.15, 0.2) is 42.5 Å². The van der Waals surface area contributed by atoms with E-state index in [2.05, 4.69) is 21.2 Å². The van der Waals surface area contributed by atoms with Crippen LogP contribution in [0.5, 0.6) is 5.75 Å². The van der Waals surface area contributed by atoms with Crippen molar-refractivity contribution in [2.45, 2.75) is 13.0 Å². The Morgan fingerprint density at radius 3 is 2.48 bits per heavy atom. The Bertz CT molecular complexity index is 808. The van der Waals surface area contributed by atoms with Crippen molar-refractivity contribution < 1.29 is 9.53 Å². The highest BCUT2D eigenvalue weighted by Crippen LogP contribution is 2.30. The van der Waals surface area contributed by atoms with Crippen molar-refractivity contribution in [3.05, 3.63) is 52.5 Å². The summed E-state index contributed by atoms with van der Waals surface area (Å²) in [4.78, 5) is 17.1. The lowest BCUT2D eigenvalue weighted by Gasteiger charge is -2.38. The summed E-state index contributed by atoms with van der Waals surface area (Å²) >= 11 is 12.2. The van der Waals surface area contributed by atoms with Gasteiger partial charge in [-0.2, -0.15) is 0 Å². The Morgan fingerprint density at radius 2 is 1.78 bits per heavy atom. The highest BCUT2D eigenvalue weighted by Gasteiger charge is 2.27. The summed E-state index contributed by atoms with van der Waals surface area (Å²) in [5.74, 6) is 0.775. The van der Waals surface area contributed by atoms with Gasteiger partial charge in [-0.3, -0.25) is 9.69 Å². The molecule has 1 atom stereocenters. The molecule has 1 aliphatic heterocycles. The summed E-state index contributed by atoms with van der Waals surface area (Å²) in [7, 11) is 1.68. The Labute approximate surface area is 169 Å². The molecule has 1 heterocycles. The molecule has 7 heteroatoms. The van der Waals surface area contributed by atoms with Gasteiger partial charge in [0, 0.05) is 26.2 Å². The van der Waals surface area contributed by atoms with Crippen molar-refractivity contribution in [1.82, 2.24) is 4.90 Å². The van der Waals surface area contributed by atoms with Gasteiger partial charge in [-0.25, -0.2) is 0 Å². The van der Waals surface area contributed by atoms with Gasteiger partial charge in [0.05, 0.1) is 34.6 Å². The van der Waals surface area contributed by atoms with Crippen LogP contribution in [-0.4, -0.2) is 50.1 Å². The molecule has 0 aliphatic carbocycles. The zero-order chi connectivity index (χ0) is 19.4. The Kier molecular flexibility index (Phi) is 6.47. The molecule has 5 nitrogen and oxygen atoms in total. The predicted octanol–water partition coefficient (Wildman–Crippen LogP) is 4.15. The number of methoxy groups -OCH3 is 1. The van der Waals surface area contributed by atoms with E-state index in [0.717, 1.165) is 37.6 Å². The minimum absolute atomic E-state index is 0.0927. The van der Waals surface area contributed by atoms with Crippen molar-refractivity contribution in [2.75, 3.05) is 43.5 Å². The lowest BCUT2D eigenvalue weighted by molar-refractivity contribution is -0.120. The number of hydrogen-bond donors (Lipinski definition) is 1. The minimum Gasteiger partial charge on any atom is -0.495 e. The van der Waals surface area contributed by atoms with Crippen molar-refractivity contribution in [2.24, 2.45) is 0 Å². The van der Waals surface area contributed by atoms with Crippen LogP contribution in [0, 0.1) is 0 Å². The van der Waals surface area contributed by atoms with E-state index < -0.39 is 0 Å². The predicted molar refractivity (Wildman–Crippen MR) is 111 cm³/mol. The number of hydrogen-bond acceptors (Lipinski definition) is 4. The first-order valence-electron chi connectivity index (χ1n) is 8.88. The summed E-state index contributed by atoms with van der Waals surface area (Å²) in [6.07, 6.45) is 0. The number of amides is 1. The third kappa shape index (κ3) is 4.49. The van der Waals surface area contributed by atoms with Crippen molar-refractivity contribution in [3.63, 3.8) is 0 Å². The number of rotatable bonds is 5. The topological polar surface area (TPSA) is 44.8 Å². The van der Waals surface area contributed by atoms with Gasteiger partial charge in [0.1, 0.15) is 5.75 Å². The number of nitrogens with zero attached hydrogens (tertiary/aromatic N) is 2. The third-order valence-electron chi connectivity index (χ3n) is 4.88. The van der Waals surface area contributed by atoms with Crippen LogP contribution < -0.4 is 15.0 Å². The minimum atomic E-state index is -0.264. The van der Waals surface area contributed by atoms with Crippen molar-refractivity contribution in [3.8, 4) is 5.75 Å². The molecule has 1 aliphatic rings. The van der Waals surface area contributed by atoms with Gasteiger partial charge in [-0.1, -0.05) is 41.4 Å². The fraction of sp³-hybridized carbons (Fsp3) is 0.350. The molecule has 1 saturated heterocycles. The molecular weight excluding hydrogens is 385 g/mol. The van der Waals surface area contributed by atoms with Gasteiger partial charge in [-0.15, -0.1) is 0 Å². The average Bonchev–Trinajstić information content (AvgIpc) is 2.71. The molecule has 1 amide bonds. The molecule has 1 N–H and O–H groups in total. The molecule has 0 saturated carbocycles. The lowest BCUT2D eigenvalue weighted by Crippen LogP contribution is -2.52. The van der Waals surface area contributed by atoms with Gasteiger partial charge < -0.3 is 15.0 Å². The van der Waals surface area contributed by atoms with E-state index in [1.165, 1.54) is 0 Å². The van der Waals surface area contributed by atoms with Crippen LogP contribution >= 0.6 is 23.2 Å². The molecular formula is C20H23Cl2N3O2. The smallest absolute Gasteiger partial charge is 0.241 e. The summed E-state index contributed by atoms with van der Waals surface area (Å²) in [5, 5.41) is 3.66. The number of ether oxygens (including phenoxy) is 1. The molecule has 2 aromatic rings. The van der Waals surface area contributed by atoms with Gasteiger partial charge >= 0.3 is 0 Å². The first-order valence-corrected chi connectivity index (χ1v) is 9.63. The highest BCUT2D eigenvalue weighted by atomic mass is 35.5. The SMILES string of the molecule is COc1ccccc1N1CCN(C(C)C(=O)Nc2cccc(Cl)c2Cl)CC1. The standard InChI is InChI=1S/C20H23Cl2N3O2/c1-14(20(26)23-16-7-5-6-15(21)19(16)22)24-10-12-25(13-11-24)17-8-3-4-9-18(17)27-2/h3-9,14H,10-13H2,1-2H3,(H,23,26). The largest absolute Gasteiger partial charge is 0.495 e. The number of carbonyl (C=O) groups is 1. The molecule has 3 rings (SSSR count). The maximum atomic E-state index is 12.6. The fourth-order valence-electron chi connectivity index (χ4n) is 3.24. The first-order chi connectivity index (χ1) is 13.0. The third-order valence-corrected chi connectivity index (χ3v) is 5.70. The van der Waals surface area contributed by atoms with Gasteiger partial charge in [0.25, 0.3) is 0 Å². The Morgan fingerprint density at radius 1 is 1.07 bits per heavy atom. The van der Waals surface area contributed by atoms with Crippen LogP contribution in [0.2, 0.25) is 10.0 Å². The summed E-state index contributed by atoms with van der Waals surface area (Å²) in [6, 6.07) is 12.9. The molecule has 1 unspecified atom stereocenters. The lowest BCUT2D eigenvalue weighted by atomic mass is 10.2. The average molecular weight is 408 g/mol. The summed E-state index contributed by atoms with van der Waals surface area (Å²) in [6.45, 7) is 5.14. The van der Waals surface area contributed by atoms with Crippen LogP contribution in [0.25, 0.3) is 0 Å². The van der Waals surface area contributed by atoms with Crippen LogP contribution in [0.3, 0.4) is 0 Å². The highest BCUT2D eigenvalue weighted by molar-refractivity contribution is 6.44. The van der Waals surface area contributed by atoms with Gasteiger partial charge in [-0.05, 0) is 31.2 Å². The second kappa shape index (κ2) is 8.83. The van der Waals surface area contributed by atoms with E-state index in [-0.39, 0.29) is 11.9 Å². The molecule has 2 aromatic carbocycles. The van der Waals surface area contributed by atoms with Crippen LogP contribution in [-0.2, 0) is 4.79 Å². The zero-order valence-corrected chi connectivity index (χ0v) is 16.9. The van der Waals surface area contributed by atoms with E-state index >= 15 is 0 Å². The van der Waals surface area contributed by atoms with Crippen molar-refractivity contribution in [1.29, 1.82) is 0 Å². The molecule has 0 spiro atoms. The van der Waals surface area contributed by atoms with Crippen LogP contribution in [0.4, 0.5) is 11.4 Å². The first kappa shape index (κ1) is 19.8. The van der Waals surface area contributed by atoms with E-state index in [1.807, 2.05) is 25.1 Å². The van der Waals surface area contributed by atoms with Crippen molar-refractivity contribution >= 4 is 40.5 Å². The zero-order valence-electron chi connectivity index (χ0n) is 15.4. The molecule has 1 fully saturated rings. The molecule has 144 valence electrons. The molecule has 0 radical (unpaired) electrons. The Hall–Kier alpha value is -1.95. The van der Waals surface area contributed by atoms with E-state index in [9.17, 15) is 4.79 Å². The second-order valence-electron chi connectivity index (χ2n) is 6.46. The normalized spacial score (nSPS) is 16.1. The number of carbonyl (C=O) groups excluding carboxylic acids is 1. The maximum Gasteiger partial charge on any atom is 0.241 e. The maximum absolute atomic E-state index is 12.6. The number of benzene rings is 2. The Balaban J connectivity index is 1.60. The van der Waals surface area contributed by atoms with E-state index in [0.29, 0.717) is 15.7 Å². The molecule has 0 bridgehead atoms. The number of anilines is 2. The van der Waals surface area contributed by atoms with E-state index in [4.69, 9.17) is 27.9 Å². The van der Waals surface area contributed by atoms with Gasteiger partial charge in [0.15, 0.2) is 0 Å². The molecule has 27 heavy (non-hydrogen) atoms. The van der Waals surface area contributed by atoms with Gasteiger partial charge in [0.2, 0.25) is 5.91 Å². The fourth-order valence-corrected chi connectivity index (χ4v) is 3.59. The summed E-state index contributed by atoms with van der Waals surface area (Å²) < 4.78 is 5.46. The van der Waals surface area contributed by atoms with E-state index in [1.54, 1.807) is 25.3 Å².